The SMILES string of the molecule is C[C@H](CCOc1ccc(-c2nc3c(OC4(C)CC4)ncnc3n2Cc2cc(F)cc(F)c2)c(Cl)c1)C(=O)O. The number of halogens is 3. The molecule has 4 aromatic rings. The molecule has 0 aliphatic heterocycles. The largest absolute Gasteiger partial charge is 0.494 e. The van der Waals surface area contributed by atoms with Gasteiger partial charge in [0.15, 0.2) is 11.2 Å². The van der Waals surface area contributed by atoms with Crippen LogP contribution in [0, 0.1) is 17.6 Å². The van der Waals surface area contributed by atoms with Crippen molar-refractivity contribution >= 4 is 28.7 Å². The topological polar surface area (TPSA) is 99.4 Å². The van der Waals surface area contributed by atoms with Gasteiger partial charge in [0.2, 0.25) is 5.88 Å². The second kappa shape index (κ2) is 10.2. The molecule has 0 radical (unpaired) electrons. The molecule has 1 aliphatic carbocycles. The Labute approximate surface area is 222 Å². The van der Waals surface area contributed by atoms with Gasteiger partial charge in [0.25, 0.3) is 0 Å². The Balaban J connectivity index is 1.53. The fraction of sp³-hybridized carbons (Fsp3) is 0.333. The maximum Gasteiger partial charge on any atom is 0.306 e. The number of ether oxygens (including phenoxy) is 2. The number of fused-ring (bicyclic) bond motifs is 1. The van der Waals surface area contributed by atoms with E-state index < -0.39 is 23.5 Å². The van der Waals surface area contributed by atoms with Gasteiger partial charge in [-0.1, -0.05) is 18.5 Å². The van der Waals surface area contributed by atoms with Crippen LogP contribution < -0.4 is 9.47 Å². The van der Waals surface area contributed by atoms with Crippen LogP contribution in [0.1, 0.15) is 38.7 Å². The Kier molecular flexibility index (Phi) is 6.92. The van der Waals surface area contributed by atoms with Crippen LogP contribution in [-0.4, -0.2) is 42.8 Å². The molecule has 1 N–H and O–H groups in total. The molecule has 1 atom stereocenters. The molecule has 2 aromatic heterocycles. The highest BCUT2D eigenvalue weighted by Crippen LogP contribution is 2.41. The van der Waals surface area contributed by atoms with Gasteiger partial charge in [-0.2, -0.15) is 4.98 Å². The molecular formula is C27H25ClF2N4O4. The van der Waals surface area contributed by atoms with Gasteiger partial charge in [-0.3, -0.25) is 4.79 Å². The quantitative estimate of drug-likeness (QED) is 0.266. The summed E-state index contributed by atoms with van der Waals surface area (Å²) in [6.07, 6.45) is 3.50. The van der Waals surface area contributed by atoms with Gasteiger partial charge in [0, 0.05) is 11.6 Å². The summed E-state index contributed by atoms with van der Waals surface area (Å²) in [4.78, 5) is 24.5. The molecule has 198 valence electrons. The van der Waals surface area contributed by atoms with Crippen molar-refractivity contribution in [3.63, 3.8) is 0 Å². The maximum atomic E-state index is 14.0. The Morgan fingerprint density at radius 1 is 1.18 bits per heavy atom. The summed E-state index contributed by atoms with van der Waals surface area (Å²) in [7, 11) is 0. The summed E-state index contributed by atoms with van der Waals surface area (Å²) in [5.74, 6) is -1.60. The van der Waals surface area contributed by atoms with Crippen LogP contribution in [0.2, 0.25) is 5.02 Å². The molecule has 2 aromatic carbocycles. The highest BCUT2D eigenvalue weighted by atomic mass is 35.5. The first-order valence-electron chi connectivity index (χ1n) is 12.1. The Morgan fingerprint density at radius 3 is 2.58 bits per heavy atom. The van der Waals surface area contributed by atoms with Gasteiger partial charge < -0.3 is 19.1 Å². The third kappa shape index (κ3) is 5.55. The van der Waals surface area contributed by atoms with Gasteiger partial charge in [-0.25, -0.2) is 18.7 Å². The summed E-state index contributed by atoms with van der Waals surface area (Å²) in [6.45, 7) is 3.88. The van der Waals surface area contributed by atoms with E-state index in [1.54, 1.807) is 29.7 Å². The molecule has 0 amide bonds. The first-order valence-corrected chi connectivity index (χ1v) is 12.5. The lowest BCUT2D eigenvalue weighted by Gasteiger charge is -2.13. The molecule has 38 heavy (non-hydrogen) atoms. The van der Waals surface area contributed by atoms with Gasteiger partial charge in [-0.15, -0.1) is 0 Å². The van der Waals surface area contributed by atoms with Crippen molar-refractivity contribution in [2.24, 2.45) is 5.92 Å². The van der Waals surface area contributed by atoms with E-state index >= 15 is 0 Å². The standard InChI is InChI=1S/C27H25ClF2N4O4/c1-15(26(35)36)5-8-37-19-3-4-20(21(28)12-19)23-33-22-24(31-14-32-25(22)38-27(2)6-7-27)34(23)13-16-9-17(29)11-18(30)10-16/h3-4,9-12,14-15H,5-8,13H2,1-2H3,(H,35,36)/t15-/m1/s1. The number of carboxylic acid groups (broad SMARTS) is 1. The Morgan fingerprint density at radius 2 is 1.92 bits per heavy atom. The molecule has 1 fully saturated rings. The summed E-state index contributed by atoms with van der Waals surface area (Å²) in [5.41, 5.74) is 1.44. The molecule has 0 unspecified atom stereocenters. The highest BCUT2D eigenvalue weighted by molar-refractivity contribution is 6.33. The minimum Gasteiger partial charge on any atom is -0.494 e. The minimum absolute atomic E-state index is 0.0654. The van der Waals surface area contributed by atoms with E-state index in [0.717, 1.165) is 18.9 Å². The van der Waals surface area contributed by atoms with Crippen molar-refractivity contribution in [2.75, 3.05) is 6.61 Å². The molecule has 8 nitrogen and oxygen atoms in total. The number of nitrogens with zero attached hydrogens (tertiary/aromatic N) is 4. The number of aliphatic carboxylic acids is 1. The number of carboxylic acids is 1. The van der Waals surface area contributed by atoms with E-state index in [2.05, 4.69) is 9.97 Å². The normalized spacial score (nSPS) is 14.9. The molecule has 0 spiro atoms. The lowest BCUT2D eigenvalue weighted by atomic mass is 10.1. The summed E-state index contributed by atoms with van der Waals surface area (Å²) < 4.78 is 41.5. The molecule has 1 saturated carbocycles. The molecular weight excluding hydrogens is 518 g/mol. The van der Waals surface area contributed by atoms with Crippen molar-refractivity contribution in [1.29, 1.82) is 0 Å². The smallest absolute Gasteiger partial charge is 0.306 e. The third-order valence-corrected chi connectivity index (χ3v) is 6.79. The van der Waals surface area contributed by atoms with Gasteiger partial charge >= 0.3 is 5.97 Å². The second-order valence-electron chi connectivity index (χ2n) is 9.72. The number of benzene rings is 2. The van der Waals surface area contributed by atoms with Crippen molar-refractivity contribution in [3.8, 4) is 23.0 Å². The van der Waals surface area contributed by atoms with E-state index in [0.29, 0.717) is 51.2 Å². The molecule has 1 aliphatic rings. The minimum atomic E-state index is -0.888. The average Bonchev–Trinajstić information content (AvgIpc) is 3.46. The van der Waals surface area contributed by atoms with E-state index in [1.807, 2.05) is 6.92 Å². The van der Waals surface area contributed by atoms with Crippen molar-refractivity contribution in [3.05, 3.63) is 64.9 Å². The van der Waals surface area contributed by atoms with Crippen LogP contribution in [0.3, 0.4) is 0 Å². The van der Waals surface area contributed by atoms with Crippen LogP contribution in [0.15, 0.2) is 42.7 Å². The number of rotatable bonds is 10. The Bertz CT molecular complexity index is 1500. The summed E-state index contributed by atoms with van der Waals surface area (Å²) in [5, 5.41) is 9.37. The first-order chi connectivity index (χ1) is 18.1. The van der Waals surface area contributed by atoms with Crippen molar-refractivity contribution < 1.29 is 28.2 Å². The Hall–Kier alpha value is -3.79. The predicted molar refractivity (Wildman–Crippen MR) is 136 cm³/mol. The van der Waals surface area contributed by atoms with Crippen LogP contribution in [0.4, 0.5) is 8.78 Å². The van der Waals surface area contributed by atoms with Gasteiger partial charge in [0.05, 0.1) is 24.1 Å². The first kappa shape index (κ1) is 25.8. The lowest BCUT2D eigenvalue weighted by Crippen LogP contribution is -2.13. The van der Waals surface area contributed by atoms with Crippen molar-refractivity contribution in [2.45, 2.75) is 45.3 Å². The van der Waals surface area contributed by atoms with E-state index in [-0.39, 0.29) is 18.8 Å². The maximum absolute atomic E-state index is 14.0. The fourth-order valence-electron chi connectivity index (χ4n) is 3.99. The zero-order valence-electron chi connectivity index (χ0n) is 20.7. The van der Waals surface area contributed by atoms with E-state index in [1.165, 1.54) is 18.5 Å². The van der Waals surface area contributed by atoms with Crippen LogP contribution in [0.25, 0.3) is 22.6 Å². The summed E-state index contributed by atoms with van der Waals surface area (Å²) >= 11 is 6.65. The van der Waals surface area contributed by atoms with E-state index in [9.17, 15) is 13.6 Å². The number of hydrogen-bond acceptors (Lipinski definition) is 6. The fourth-order valence-corrected chi connectivity index (χ4v) is 4.24. The number of aromatic nitrogens is 4. The monoisotopic (exact) mass is 542 g/mol. The zero-order valence-corrected chi connectivity index (χ0v) is 21.5. The molecule has 0 saturated heterocycles. The molecule has 11 heteroatoms. The molecule has 2 heterocycles. The van der Waals surface area contributed by atoms with Crippen LogP contribution in [0.5, 0.6) is 11.6 Å². The van der Waals surface area contributed by atoms with Crippen LogP contribution >= 0.6 is 11.6 Å². The number of imidazole rings is 1. The predicted octanol–water partition coefficient (Wildman–Crippen LogP) is 5.89. The number of hydrogen-bond donors (Lipinski definition) is 1. The van der Waals surface area contributed by atoms with Crippen molar-refractivity contribution in [1.82, 2.24) is 19.5 Å². The van der Waals surface area contributed by atoms with Gasteiger partial charge in [0.1, 0.15) is 35.1 Å². The third-order valence-electron chi connectivity index (χ3n) is 6.48. The lowest BCUT2D eigenvalue weighted by molar-refractivity contribution is -0.141. The second-order valence-corrected chi connectivity index (χ2v) is 10.1. The highest BCUT2D eigenvalue weighted by Gasteiger charge is 2.41. The summed E-state index contributed by atoms with van der Waals surface area (Å²) in [6, 6.07) is 8.35. The number of carbonyl (C=O) groups is 1. The average molecular weight is 543 g/mol. The van der Waals surface area contributed by atoms with Crippen LogP contribution in [-0.2, 0) is 11.3 Å². The zero-order chi connectivity index (χ0) is 27.0. The van der Waals surface area contributed by atoms with Gasteiger partial charge in [-0.05, 0) is 62.1 Å². The molecule has 0 bridgehead atoms. The molecule has 5 rings (SSSR count). The van der Waals surface area contributed by atoms with E-state index in [4.69, 9.17) is 31.2 Å².